The number of hydrogen-bond acceptors (Lipinski definition) is 4. The van der Waals surface area contributed by atoms with E-state index in [2.05, 4.69) is 0 Å². The smallest absolute Gasteiger partial charge is 0.258 e. The van der Waals surface area contributed by atoms with Crippen LogP contribution in [0.1, 0.15) is 42.5 Å². The molecule has 0 aromatic heterocycles. The molecule has 1 saturated carbocycles. The van der Waals surface area contributed by atoms with Crippen LogP contribution in [0.5, 0.6) is 11.5 Å². The van der Waals surface area contributed by atoms with Gasteiger partial charge in [0.15, 0.2) is 0 Å². The highest BCUT2D eigenvalue weighted by Crippen LogP contribution is 2.28. The first-order chi connectivity index (χ1) is 9.63. The lowest BCUT2D eigenvalue weighted by Gasteiger charge is -2.34. The summed E-state index contributed by atoms with van der Waals surface area (Å²) in [6.45, 7) is 0.139. The predicted molar refractivity (Wildman–Crippen MR) is 74.8 cm³/mol. The molecule has 1 aliphatic carbocycles. The number of hydrogen-bond donors (Lipinski definition) is 3. The van der Waals surface area contributed by atoms with Gasteiger partial charge in [0.05, 0.1) is 12.2 Å². The van der Waals surface area contributed by atoms with Gasteiger partial charge in [-0.3, -0.25) is 4.79 Å². The summed E-state index contributed by atoms with van der Waals surface area (Å²) in [5.41, 5.74) is 0.0871. The lowest BCUT2D eigenvalue weighted by Crippen LogP contribution is -2.43. The Kier molecular flexibility index (Phi) is 4.84. The maximum Gasteiger partial charge on any atom is 0.258 e. The second kappa shape index (κ2) is 6.61. The molecule has 1 amide bonds. The van der Waals surface area contributed by atoms with Crippen LogP contribution in [-0.4, -0.2) is 45.3 Å². The van der Waals surface area contributed by atoms with Gasteiger partial charge in [-0.05, 0) is 31.0 Å². The molecule has 1 fully saturated rings. The van der Waals surface area contributed by atoms with Gasteiger partial charge >= 0.3 is 0 Å². The summed E-state index contributed by atoms with van der Waals surface area (Å²) in [4.78, 5) is 14.2. The van der Waals surface area contributed by atoms with Crippen molar-refractivity contribution < 1.29 is 20.1 Å². The molecule has 1 aromatic carbocycles. The van der Waals surface area contributed by atoms with E-state index in [1.807, 2.05) is 0 Å². The quantitative estimate of drug-likeness (QED) is 0.735. The van der Waals surface area contributed by atoms with Crippen LogP contribution in [0.25, 0.3) is 0 Å². The van der Waals surface area contributed by atoms with E-state index in [9.17, 15) is 20.1 Å². The normalized spacial score (nSPS) is 16.1. The summed E-state index contributed by atoms with van der Waals surface area (Å²) in [5, 5.41) is 28.5. The molecule has 20 heavy (non-hydrogen) atoms. The molecule has 2 rings (SSSR count). The number of amides is 1. The number of phenolic OH excluding ortho intramolecular Hbond substituents is 2. The number of aliphatic hydroxyl groups excluding tert-OH is 1. The number of carbonyl (C=O) groups is 1. The Morgan fingerprint density at radius 2 is 1.90 bits per heavy atom. The first kappa shape index (κ1) is 14.7. The summed E-state index contributed by atoms with van der Waals surface area (Å²) >= 11 is 0. The zero-order chi connectivity index (χ0) is 14.5. The topological polar surface area (TPSA) is 81.0 Å². The van der Waals surface area contributed by atoms with Crippen molar-refractivity contribution in [3.63, 3.8) is 0 Å². The lowest BCUT2D eigenvalue weighted by molar-refractivity contribution is 0.0582. The molecule has 1 aromatic rings. The van der Waals surface area contributed by atoms with Crippen LogP contribution in [0.4, 0.5) is 0 Å². The van der Waals surface area contributed by atoms with E-state index in [0.717, 1.165) is 25.7 Å². The summed E-state index contributed by atoms with van der Waals surface area (Å²) < 4.78 is 0. The molecule has 5 heteroatoms. The molecule has 0 spiro atoms. The second-order valence-corrected chi connectivity index (χ2v) is 5.22. The van der Waals surface area contributed by atoms with Crippen LogP contribution in [0.15, 0.2) is 18.2 Å². The van der Waals surface area contributed by atoms with Gasteiger partial charge in [0.2, 0.25) is 0 Å². The third-order valence-corrected chi connectivity index (χ3v) is 3.83. The van der Waals surface area contributed by atoms with Crippen molar-refractivity contribution in [2.45, 2.75) is 38.1 Å². The maximum absolute atomic E-state index is 12.6. The number of aliphatic hydroxyl groups is 1. The molecule has 0 heterocycles. The van der Waals surface area contributed by atoms with Crippen LogP contribution in [-0.2, 0) is 0 Å². The van der Waals surface area contributed by atoms with E-state index in [1.54, 1.807) is 4.90 Å². The Labute approximate surface area is 118 Å². The predicted octanol–water partition coefficient (Wildman–Crippen LogP) is 1.86. The number of aromatic hydroxyl groups is 2. The highest BCUT2D eigenvalue weighted by atomic mass is 16.3. The van der Waals surface area contributed by atoms with E-state index >= 15 is 0 Å². The van der Waals surface area contributed by atoms with Crippen molar-refractivity contribution in [3.8, 4) is 11.5 Å². The standard InChI is InChI=1S/C15H21NO4/c17-9-8-16(11-4-2-1-3-5-11)15(20)13-10-12(18)6-7-14(13)19/h6-7,10-11,17-19H,1-5,8-9H2. The van der Waals surface area contributed by atoms with E-state index in [0.29, 0.717) is 0 Å². The average molecular weight is 279 g/mol. The first-order valence-electron chi connectivity index (χ1n) is 7.07. The molecule has 0 aliphatic heterocycles. The molecule has 5 nitrogen and oxygen atoms in total. The van der Waals surface area contributed by atoms with Crippen LogP contribution in [0.3, 0.4) is 0 Å². The number of benzene rings is 1. The molecule has 0 radical (unpaired) electrons. The monoisotopic (exact) mass is 279 g/mol. The summed E-state index contributed by atoms with van der Waals surface area (Å²) in [7, 11) is 0. The van der Waals surface area contributed by atoms with E-state index in [1.165, 1.54) is 24.6 Å². The van der Waals surface area contributed by atoms with Crippen molar-refractivity contribution in [2.75, 3.05) is 13.2 Å². The Bertz CT molecular complexity index is 469. The minimum absolute atomic E-state index is 0.0567. The SMILES string of the molecule is O=C(c1cc(O)ccc1O)N(CCO)C1CCCCC1. The van der Waals surface area contributed by atoms with Crippen molar-refractivity contribution in [2.24, 2.45) is 0 Å². The number of nitrogens with zero attached hydrogens (tertiary/aromatic N) is 1. The third kappa shape index (κ3) is 3.22. The van der Waals surface area contributed by atoms with Crippen molar-refractivity contribution in [1.82, 2.24) is 4.90 Å². The van der Waals surface area contributed by atoms with Gasteiger partial charge in [-0.2, -0.15) is 0 Å². The fraction of sp³-hybridized carbons (Fsp3) is 0.533. The van der Waals surface area contributed by atoms with Gasteiger partial charge in [0.25, 0.3) is 5.91 Å². The molecule has 0 bridgehead atoms. The van der Waals surface area contributed by atoms with Crippen molar-refractivity contribution in [3.05, 3.63) is 23.8 Å². The molecule has 0 atom stereocenters. The Morgan fingerprint density at radius 3 is 2.55 bits per heavy atom. The Balaban J connectivity index is 2.23. The first-order valence-corrected chi connectivity index (χ1v) is 7.07. The molecular weight excluding hydrogens is 258 g/mol. The van der Waals surface area contributed by atoms with Crippen LogP contribution < -0.4 is 0 Å². The highest BCUT2D eigenvalue weighted by molar-refractivity contribution is 5.97. The zero-order valence-corrected chi connectivity index (χ0v) is 11.5. The molecular formula is C15H21NO4. The summed E-state index contributed by atoms with van der Waals surface area (Å²) in [5.74, 6) is -0.537. The molecule has 0 unspecified atom stereocenters. The van der Waals surface area contributed by atoms with Crippen LogP contribution in [0, 0.1) is 0 Å². The molecule has 3 N–H and O–H groups in total. The largest absolute Gasteiger partial charge is 0.508 e. The van der Waals surface area contributed by atoms with E-state index < -0.39 is 0 Å². The van der Waals surface area contributed by atoms with Crippen molar-refractivity contribution in [1.29, 1.82) is 0 Å². The molecule has 0 saturated heterocycles. The average Bonchev–Trinajstić information content (AvgIpc) is 2.47. The van der Waals surface area contributed by atoms with E-state index in [4.69, 9.17) is 0 Å². The fourth-order valence-corrected chi connectivity index (χ4v) is 2.80. The molecule has 110 valence electrons. The van der Waals surface area contributed by atoms with Gasteiger partial charge < -0.3 is 20.2 Å². The summed E-state index contributed by atoms with van der Waals surface area (Å²) in [6.07, 6.45) is 5.17. The Morgan fingerprint density at radius 1 is 1.20 bits per heavy atom. The minimum Gasteiger partial charge on any atom is -0.508 e. The van der Waals surface area contributed by atoms with Gasteiger partial charge in [-0.15, -0.1) is 0 Å². The van der Waals surface area contributed by atoms with Gasteiger partial charge in [-0.1, -0.05) is 19.3 Å². The second-order valence-electron chi connectivity index (χ2n) is 5.22. The Hall–Kier alpha value is -1.75. The number of carbonyl (C=O) groups excluding carboxylic acids is 1. The third-order valence-electron chi connectivity index (χ3n) is 3.83. The maximum atomic E-state index is 12.6. The highest BCUT2D eigenvalue weighted by Gasteiger charge is 2.27. The van der Waals surface area contributed by atoms with E-state index in [-0.39, 0.29) is 42.2 Å². The number of rotatable bonds is 4. The van der Waals surface area contributed by atoms with Gasteiger partial charge in [-0.25, -0.2) is 0 Å². The van der Waals surface area contributed by atoms with Gasteiger partial charge in [0, 0.05) is 12.6 Å². The van der Waals surface area contributed by atoms with Crippen LogP contribution in [0.2, 0.25) is 0 Å². The van der Waals surface area contributed by atoms with Crippen molar-refractivity contribution >= 4 is 5.91 Å². The lowest BCUT2D eigenvalue weighted by atomic mass is 9.93. The summed E-state index contributed by atoms with van der Waals surface area (Å²) in [6, 6.07) is 4.01. The number of phenols is 2. The zero-order valence-electron chi connectivity index (χ0n) is 11.5. The van der Waals surface area contributed by atoms with Crippen LogP contribution >= 0.6 is 0 Å². The minimum atomic E-state index is -0.334. The fourth-order valence-electron chi connectivity index (χ4n) is 2.80. The molecule has 1 aliphatic rings. The van der Waals surface area contributed by atoms with Gasteiger partial charge in [0.1, 0.15) is 11.5 Å².